The smallest absolute Gasteiger partial charge is 0.338 e. The molecule has 0 bridgehead atoms. The maximum Gasteiger partial charge on any atom is 0.338 e. The minimum atomic E-state index is -1.09. The Balaban J connectivity index is 1.98. The second-order valence-corrected chi connectivity index (χ2v) is 4.28. The van der Waals surface area contributed by atoms with Crippen molar-refractivity contribution in [2.75, 3.05) is 13.1 Å². The molecule has 0 saturated carbocycles. The van der Waals surface area contributed by atoms with E-state index in [0.29, 0.717) is 6.54 Å². The van der Waals surface area contributed by atoms with Gasteiger partial charge in [0.05, 0.1) is 5.56 Å². The molecule has 0 aromatic heterocycles. The summed E-state index contributed by atoms with van der Waals surface area (Å²) >= 11 is 0. The molecule has 7 heteroatoms. The van der Waals surface area contributed by atoms with E-state index in [1.807, 2.05) is 0 Å². The summed E-state index contributed by atoms with van der Waals surface area (Å²) in [7, 11) is 0. The number of halogens is 1. The first-order chi connectivity index (χ1) is 9.49. The van der Waals surface area contributed by atoms with Gasteiger partial charge in [0.15, 0.2) is 6.10 Å². The molecule has 1 unspecified atom stereocenters. The number of amides is 3. The number of nitrogens with zero attached hydrogens (tertiary/aromatic N) is 1. The van der Waals surface area contributed by atoms with Gasteiger partial charge in [0.1, 0.15) is 5.82 Å². The molecule has 106 valence electrons. The molecule has 6 nitrogen and oxygen atoms in total. The van der Waals surface area contributed by atoms with Gasteiger partial charge in [-0.2, -0.15) is 0 Å². The number of hydrogen-bond donors (Lipinski definition) is 1. The lowest BCUT2D eigenvalue weighted by atomic mass is 10.2. The van der Waals surface area contributed by atoms with Crippen LogP contribution in [0.5, 0.6) is 0 Å². The zero-order valence-corrected chi connectivity index (χ0v) is 10.8. The maximum atomic E-state index is 12.7. The van der Waals surface area contributed by atoms with E-state index in [0.717, 1.165) is 17.0 Å². The molecule has 1 fully saturated rings. The molecular weight excluding hydrogens is 267 g/mol. The van der Waals surface area contributed by atoms with E-state index >= 15 is 0 Å². The van der Waals surface area contributed by atoms with Crippen molar-refractivity contribution in [2.24, 2.45) is 0 Å². The Kier molecular flexibility index (Phi) is 3.97. The molecule has 1 saturated heterocycles. The second-order valence-electron chi connectivity index (χ2n) is 4.28. The number of rotatable bonds is 3. The Labute approximate surface area is 114 Å². The summed E-state index contributed by atoms with van der Waals surface area (Å²) in [6.07, 6.45) is -1.09. The highest BCUT2D eigenvalue weighted by Gasteiger charge is 2.31. The Morgan fingerprint density at radius 3 is 2.55 bits per heavy atom. The van der Waals surface area contributed by atoms with Crippen LogP contribution in [-0.2, 0) is 9.53 Å². The number of carbonyl (C=O) groups excluding carboxylic acids is 3. The van der Waals surface area contributed by atoms with Crippen molar-refractivity contribution >= 4 is 17.9 Å². The van der Waals surface area contributed by atoms with Crippen molar-refractivity contribution < 1.29 is 23.5 Å². The molecule has 1 N–H and O–H groups in total. The average Bonchev–Trinajstić information content (AvgIpc) is 2.84. The third kappa shape index (κ3) is 2.93. The van der Waals surface area contributed by atoms with Gasteiger partial charge in [-0.1, -0.05) is 0 Å². The summed E-state index contributed by atoms with van der Waals surface area (Å²) in [5, 5.41) is 2.48. The van der Waals surface area contributed by atoms with Gasteiger partial charge < -0.3 is 10.1 Å². The van der Waals surface area contributed by atoms with Gasteiger partial charge in [0.25, 0.3) is 5.91 Å². The van der Waals surface area contributed by atoms with Crippen LogP contribution in [-0.4, -0.2) is 42.0 Å². The number of imide groups is 1. The van der Waals surface area contributed by atoms with Crippen LogP contribution in [0.1, 0.15) is 17.3 Å². The summed E-state index contributed by atoms with van der Waals surface area (Å²) in [5.74, 6) is -1.81. The first-order valence-electron chi connectivity index (χ1n) is 6.05. The first kappa shape index (κ1) is 14.0. The molecule has 0 aliphatic carbocycles. The number of hydrogen-bond acceptors (Lipinski definition) is 4. The van der Waals surface area contributed by atoms with Gasteiger partial charge in [0, 0.05) is 13.1 Å². The fraction of sp³-hybridized carbons (Fsp3) is 0.308. The van der Waals surface area contributed by atoms with E-state index < -0.39 is 29.8 Å². The highest BCUT2D eigenvalue weighted by Crippen LogP contribution is 2.09. The fourth-order valence-electron chi connectivity index (χ4n) is 1.77. The molecule has 1 atom stereocenters. The van der Waals surface area contributed by atoms with Crippen molar-refractivity contribution in [1.82, 2.24) is 10.2 Å². The number of ether oxygens (including phenoxy) is 1. The lowest BCUT2D eigenvalue weighted by Crippen LogP contribution is -2.41. The summed E-state index contributed by atoms with van der Waals surface area (Å²) < 4.78 is 17.7. The van der Waals surface area contributed by atoms with E-state index in [1.165, 1.54) is 19.1 Å². The Morgan fingerprint density at radius 2 is 2.00 bits per heavy atom. The molecular formula is C13H13FN2O4. The van der Waals surface area contributed by atoms with Crippen LogP contribution in [0.25, 0.3) is 0 Å². The minimum absolute atomic E-state index is 0.136. The van der Waals surface area contributed by atoms with Gasteiger partial charge in [0.2, 0.25) is 0 Å². The van der Waals surface area contributed by atoms with E-state index in [-0.39, 0.29) is 12.1 Å². The van der Waals surface area contributed by atoms with E-state index in [2.05, 4.69) is 5.32 Å². The average molecular weight is 280 g/mol. The van der Waals surface area contributed by atoms with Gasteiger partial charge in [-0.3, -0.25) is 9.69 Å². The van der Waals surface area contributed by atoms with Crippen molar-refractivity contribution in [1.29, 1.82) is 0 Å². The molecule has 1 aliphatic rings. The van der Waals surface area contributed by atoms with Gasteiger partial charge in [-0.15, -0.1) is 0 Å². The van der Waals surface area contributed by atoms with Gasteiger partial charge in [-0.05, 0) is 31.2 Å². The summed E-state index contributed by atoms with van der Waals surface area (Å²) in [4.78, 5) is 36.0. The van der Waals surface area contributed by atoms with Crippen LogP contribution >= 0.6 is 0 Å². The lowest BCUT2D eigenvalue weighted by Gasteiger charge is -2.18. The zero-order chi connectivity index (χ0) is 14.7. The van der Waals surface area contributed by atoms with E-state index in [4.69, 9.17) is 4.74 Å². The lowest BCUT2D eigenvalue weighted by molar-refractivity contribution is -0.136. The Morgan fingerprint density at radius 1 is 1.35 bits per heavy atom. The summed E-state index contributed by atoms with van der Waals surface area (Å²) in [6, 6.07) is 4.27. The number of nitrogens with one attached hydrogen (secondary N) is 1. The van der Waals surface area contributed by atoms with Crippen molar-refractivity contribution in [3.63, 3.8) is 0 Å². The maximum absolute atomic E-state index is 12.7. The fourth-order valence-corrected chi connectivity index (χ4v) is 1.77. The predicted octanol–water partition coefficient (Wildman–Crippen LogP) is 0.923. The molecule has 1 aromatic rings. The molecule has 0 radical (unpaired) electrons. The quantitative estimate of drug-likeness (QED) is 0.835. The SMILES string of the molecule is CC(OC(=O)c1ccc(F)cc1)C(=O)N1CCNC1=O. The third-order valence-corrected chi connectivity index (χ3v) is 2.83. The largest absolute Gasteiger partial charge is 0.449 e. The Hall–Kier alpha value is -2.44. The van der Waals surface area contributed by atoms with Crippen LogP contribution in [0.3, 0.4) is 0 Å². The minimum Gasteiger partial charge on any atom is -0.449 e. The Bertz CT molecular complexity index is 544. The monoisotopic (exact) mass is 280 g/mol. The number of carbonyl (C=O) groups is 3. The highest BCUT2D eigenvalue weighted by molar-refractivity contribution is 5.99. The molecule has 3 amide bonds. The van der Waals surface area contributed by atoms with Crippen molar-refractivity contribution in [3.05, 3.63) is 35.6 Å². The van der Waals surface area contributed by atoms with Crippen molar-refractivity contribution in [2.45, 2.75) is 13.0 Å². The third-order valence-electron chi connectivity index (χ3n) is 2.83. The number of benzene rings is 1. The number of esters is 1. The normalized spacial score (nSPS) is 15.7. The van der Waals surface area contributed by atoms with Gasteiger partial charge >= 0.3 is 12.0 Å². The standard InChI is InChI=1S/C13H13FN2O4/c1-8(11(17)16-7-6-15-13(16)19)20-12(18)9-2-4-10(14)5-3-9/h2-5,8H,6-7H2,1H3,(H,15,19). The zero-order valence-electron chi connectivity index (χ0n) is 10.8. The molecule has 20 heavy (non-hydrogen) atoms. The first-order valence-corrected chi connectivity index (χ1v) is 6.05. The van der Waals surface area contributed by atoms with E-state index in [1.54, 1.807) is 0 Å². The highest BCUT2D eigenvalue weighted by atomic mass is 19.1. The molecule has 1 aromatic carbocycles. The van der Waals surface area contributed by atoms with Crippen molar-refractivity contribution in [3.8, 4) is 0 Å². The van der Waals surface area contributed by atoms with Crippen LogP contribution in [0.2, 0.25) is 0 Å². The van der Waals surface area contributed by atoms with E-state index in [9.17, 15) is 18.8 Å². The second kappa shape index (κ2) is 5.68. The molecule has 0 spiro atoms. The van der Waals surface area contributed by atoms with Gasteiger partial charge in [-0.25, -0.2) is 14.0 Å². The predicted molar refractivity (Wildman–Crippen MR) is 66.4 cm³/mol. The summed E-state index contributed by atoms with van der Waals surface area (Å²) in [6.45, 7) is 2.01. The molecule has 1 heterocycles. The van der Waals surface area contributed by atoms with Crippen LogP contribution in [0, 0.1) is 5.82 Å². The molecule has 1 aliphatic heterocycles. The molecule has 2 rings (SSSR count). The number of urea groups is 1. The van der Waals surface area contributed by atoms with Crippen LogP contribution < -0.4 is 5.32 Å². The van der Waals surface area contributed by atoms with Crippen LogP contribution in [0.4, 0.5) is 9.18 Å². The van der Waals surface area contributed by atoms with Crippen LogP contribution in [0.15, 0.2) is 24.3 Å². The topological polar surface area (TPSA) is 75.7 Å². The summed E-state index contributed by atoms with van der Waals surface area (Å²) in [5.41, 5.74) is 0.136.